The van der Waals surface area contributed by atoms with Gasteiger partial charge in [-0.05, 0) is 25.1 Å². The molecule has 7 nitrogen and oxygen atoms in total. The van der Waals surface area contributed by atoms with Crippen molar-refractivity contribution in [1.29, 1.82) is 0 Å². The Morgan fingerprint density at radius 2 is 1.68 bits per heavy atom. The molecular weight excluding hydrogens is 375 g/mol. The Balaban J connectivity index is 1.98. The van der Waals surface area contributed by atoms with Gasteiger partial charge in [0.05, 0.1) is 32.0 Å². The van der Waals surface area contributed by atoms with Crippen molar-refractivity contribution >= 4 is 22.4 Å². The summed E-state index contributed by atoms with van der Waals surface area (Å²) in [5.74, 6) is 1.90. The SMILES string of the molecule is COc1cc2nc(C)nc(NCc3cc(N)cc(C(F)(F)F)n3)c2cc1OC. The van der Waals surface area contributed by atoms with Crippen LogP contribution in [0.2, 0.25) is 0 Å². The number of methoxy groups -OCH3 is 2. The van der Waals surface area contributed by atoms with E-state index in [9.17, 15) is 13.2 Å². The van der Waals surface area contributed by atoms with Gasteiger partial charge in [-0.25, -0.2) is 15.0 Å². The molecule has 0 aliphatic rings. The molecule has 0 amide bonds. The predicted molar refractivity (Wildman–Crippen MR) is 98.4 cm³/mol. The number of fused-ring (bicyclic) bond motifs is 1. The second kappa shape index (κ2) is 7.37. The Morgan fingerprint density at radius 1 is 1.00 bits per heavy atom. The van der Waals surface area contributed by atoms with Crippen molar-refractivity contribution in [3.8, 4) is 11.5 Å². The molecule has 0 spiro atoms. The number of hydrogen-bond donors (Lipinski definition) is 2. The number of aryl methyl sites for hydroxylation is 1. The average Bonchev–Trinajstić information content (AvgIpc) is 2.63. The van der Waals surface area contributed by atoms with Gasteiger partial charge in [0.25, 0.3) is 0 Å². The third kappa shape index (κ3) is 4.00. The number of ether oxygens (including phenoxy) is 2. The van der Waals surface area contributed by atoms with Crippen LogP contribution in [0.1, 0.15) is 17.2 Å². The third-order valence-corrected chi connectivity index (χ3v) is 3.94. The summed E-state index contributed by atoms with van der Waals surface area (Å²) in [6.45, 7) is 1.70. The molecule has 2 aromatic heterocycles. The molecule has 0 fully saturated rings. The van der Waals surface area contributed by atoms with E-state index < -0.39 is 11.9 Å². The fourth-order valence-corrected chi connectivity index (χ4v) is 2.73. The molecule has 1 aromatic carbocycles. The summed E-state index contributed by atoms with van der Waals surface area (Å²) in [6.07, 6.45) is -4.58. The maximum atomic E-state index is 12.9. The van der Waals surface area contributed by atoms with E-state index in [0.29, 0.717) is 34.0 Å². The van der Waals surface area contributed by atoms with Crippen LogP contribution < -0.4 is 20.5 Å². The Kier molecular flexibility index (Phi) is 5.12. The first kappa shape index (κ1) is 19.5. The molecule has 3 aromatic rings. The number of pyridine rings is 1. The molecule has 28 heavy (non-hydrogen) atoms. The van der Waals surface area contributed by atoms with Crippen molar-refractivity contribution in [1.82, 2.24) is 15.0 Å². The zero-order valence-corrected chi connectivity index (χ0v) is 15.4. The number of nitrogens with one attached hydrogen (secondary N) is 1. The van der Waals surface area contributed by atoms with Crippen LogP contribution in [0.5, 0.6) is 11.5 Å². The molecule has 0 bridgehead atoms. The highest BCUT2D eigenvalue weighted by molar-refractivity contribution is 5.91. The van der Waals surface area contributed by atoms with Crippen LogP contribution in [0.25, 0.3) is 10.9 Å². The van der Waals surface area contributed by atoms with E-state index in [1.807, 2.05) is 0 Å². The van der Waals surface area contributed by atoms with Gasteiger partial charge in [-0.15, -0.1) is 0 Å². The highest BCUT2D eigenvalue weighted by Crippen LogP contribution is 2.34. The standard InChI is InChI=1S/C18H18F3N5O2/c1-9-24-13-7-15(28-3)14(27-2)6-12(13)17(25-9)23-8-11-4-10(22)5-16(26-11)18(19,20)21/h4-7H,8H2,1-3H3,(H2,22,26)(H,23,24,25). The maximum absolute atomic E-state index is 12.9. The monoisotopic (exact) mass is 393 g/mol. The number of aromatic nitrogens is 3. The smallest absolute Gasteiger partial charge is 0.433 e. The lowest BCUT2D eigenvalue weighted by Gasteiger charge is -2.14. The number of benzene rings is 1. The zero-order valence-electron chi connectivity index (χ0n) is 15.4. The second-order valence-electron chi connectivity index (χ2n) is 5.97. The number of rotatable bonds is 5. The number of hydrogen-bond acceptors (Lipinski definition) is 7. The molecule has 3 N–H and O–H groups in total. The normalized spacial score (nSPS) is 11.5. The van der Waals surface area contributed by atoms with Crippen LogP contribution in [-0.2, 0) is 12.7 Å². The van der Waals surface area contributed by atoms with Crippen LogP contribution in [0.3, 0.4) is 0 Å². The molecule has 0 atom stereocenters. The van der Waals surface area contributed by atoms with Gasteiger partial charge in [-0.2, -0.15) is 13.2 Å². The topological polar surface area (TPSA) is 95.2 Å². The van der Waals surface area contributed by atoms with Crippen molar-refractivity contribution in [2.75, 3.05) is 25.3 Å². The first-order valence-electron chi connectivity index (χ1n) is 8.19. The summed E-state index contributed by atoms with van der Waals surface area (Å²) < 4.78 is 49.4. The lowest BCUT2D eigenvalue weighted by molar-refractivity contribution is -0.141. The minimum absolute atomic E-state index is 0.00593. The number of alkyl halides is 3. The van der Waals surface area contributed by atoms with Gasteiger partial charge in [-0.3, -0.25) is 0 Å². The lowest BCUT2D eigenvalue weighted by Crippen LogP contribution is -2.13. The first-order valence-corrected chi connectivity index (χ1v) is 8.19. The Hall–Kier alpha value is -3.30. The molecule has 2 heterocycles. The Labute approximate surface area is 158 Å². The Bertz CT molecular complexity index is 1020. The van der Waals surface area contributed by atoms with Gasteiger partial charge in [-0.1, -0.05) is 0 Å². The fourth-order valence-electron chi connectivity index (χ4n) is 2.73. The van der Waals surface area contributed by atoms with Gasteiger partial charge in [0.1, 0.15) is 17.3 Å². The van der Waals surface area contributed by atoms with E-state index in [-0.39, 0.29) is 17.9 Å². The molecule has 0 unspecified atom stereocenters. The van der Waals surface area contributed by atoms with Crippen LogP contribution >= 0.6 is 0 Å². The summed E-state index contributed by atoms with van der Waals surface area (Å²) in [6, 6.07) is 5.57. The minimum Gasteiger partial charge on any atom is -0.493 e. The molecule has 0 saturated carbocycles. The van der Waals surface area contributed by atoms with Crippen molar-refractivity contribution in [3.63, 3.8) is 0 Å². The Morgan fingerprint density at radius 3 is 2.32 bits per heavy atom. The van der Waals surface area contributed by atoms with Crippen LogP contribution in [0.4, 0.5) is 24.7 Å². The van der Waals surface area contributed by atoms with Gasteiger partial charge in [0, 0.05) is 17.1 Å². The fraction of sp³-hybridized carbons (Fsp3) is 0.278. The third-order valence-electron chi connectivity index (χ3n) is 3.94. The molecule has 0 aliphatic heterocycles. The molecule has 0 aliphatic carbocycles. The van der Waals surface area contributed by atoms with Crippen molar-refractivity contribution in [2.24, 2.45) is 0 Å². The number of nitrogens with zero attached hydrogens (tertiary/aromatic N) is 3. The summed E-state index contributed by atoms with van der Waals surface area (Å²) >= 11 is 0. The van der Waals surface area contributed by atoms with E-state index in [4.69, 9.17) is 15.2 Å². The second-order valence-corrected chi connectivity index (χ2v) is 5.97. The minimum atomic E-state index is -4.58. The van der Waals surface area contributed by atoms with Gasteiger partial charge in [0.2, 0.25) is 0 Å². The molecule has 3 rings (SSSR count). The van der Waals surface area contributed by atoms with Crippen LogP contribution in [0.15, 0.2) is 24.3 Å². The maximum Gasteiger partial charge on any atom is 0.433 e. The number of anilines is 2. The molecule has 0 radical (unpaired) electrons. The van der Waals surface area contributed by atoms with Gasteiger partial charge in [0.15, 0.2) is 11.5 Å². The first-order chi connectivity index (χ1) is 13.2. The highest BCUT2D eigenvalue weighted by atomic mass is 19.4. The largest absolute Gasteiger partial charge is 0.493 e. The number of nitrogen functional groups attached to an aromatic ring is 1. The van der Waals surface area contributed by atoms with Gasteiger partial charge < -0.3 is 20.5 Å². The quantitative estimate of drug-likeness (QED) is 0.684. The highest BCUT2D eigenvalue weighted by Gasteiger charge is 2.33. The van der Waals surface area contributed by atoms with E-state index >= 15 is 0 Å². The van der Waals surface area contributed by atoms with E-state index in [1.54, 1.807) is 19.1 Å². The molecule has 148 valence electrons. The summed E-state index contributed by atoms with van der Waals surface area (Å²) in [5, 5.41) is 3.63. The van der Waals surface area contributed by atoms with E-state index in [1.165, 1.54) is 20.3 Å². The predicted octanol–water partition coefficient (Wildman–Crippen LogP) is 3.56. The average molecular weight is 393 g/mol. The summed E-state index contributed by atoms with van der Waals surface area (Å²) in [5.41, 5.74) is 5.26. The van der Waals surface area contributed by atoms with Crippen LogP contribution in [-0.4, -0.2) is 29.2 Å². The zero-order chi connectivity index (χ0) is 20.5. The van der Waals surface area contributed by atoms with E-state index in [2.05, 4.69) is 20.3 Å². The molecule has 10 heteroatoms. The van der Waals surface area contributed by atoms with Crippen molar-refractivity contribution < 1.29 is 22.6 Å². The molecular formula is C18H18F3N5O2. The molecule has 0 saturated heterocycles. The summed E-state index contributed by atoms with van der Waals surface area (Å²) in [4.78, 5) is 12.3. The lowest BCUT2D eigenvalue weighted by atomic mass is 10.2. The number of halogens is 3. The van der Waals surface area contributed by atoms with E-state index in [0.717, 1.165) is 6.07 Å². The van der Waals surface area contributed by atoms with Crippen molar-refractivity contribution in [2.45, 2.75) is 19.6 Å². The summed E-state index contributed by atoms with van der Waals surface area (Å²) in [7, 11) is 3.02. The van der Waals surface area contributed by atoms with Crippen molar-refractivity contribution in [3.05, 3.63) is 41.5 Å². The van der Waals surface area contributed by atoms with Crippen LogP contribution in [0, 0.1) is 6.92 Å². The van der Waals surface area contributed by atoms with Gasteiger partial charge >= 0.3 is 6.18 Å². The number of nitrogens with two attached hydrogens (primary N) is 1.